The van der Waals surface area contributed by atoms with Crippen molar-refractivity contribution in [2.45, 2.75) is 20.4 Å². The lowest BCUT2D eigenvalue weighted by molar-refractivity contribution is 0.849. The fourth-order valence-corrected chi connectivity index (χ4v) is 3.14. The van der Waals surface area contributed by atoms with Crippen molar-refractivity contribution in [3.8, 4) is 0 Å². The van der Waals surface area contributed by atoms with E-state index < -0.39 is 0 Å². The third-order valence-corrected chi connectivity index (χ3v) is 4.42. The summed E-state index contributed by atoms with van der Waals surface area (Å²) >= 11 is 3.27. The Hall–Kier alpha value is -1.07. The Morgan fingerprint density at radius 2 is 2.31 bits per heavy atom. The highest BCUT2D eigenvalue weighted by Crippen LogP contribution is 2.30. The fraction of sp³-hybridized carbons (Fsp3) is 0.364. The number of nitrogens with two attached hydrogens (primary N) is 1. The first kappa shape index (κ1) is 11.4. The van der Waals surface area contributed by atoms with Crippen molar-refractivity contribution in [2.75, 3.05) is 17.2 Å². The van der Waals surface area contributed by atoms with E-state index in [4.69, 9.17) is 5.73 Å². The molecular weight excluding hydrogens is 238 g/mol. The molecule has 0 aliphatic heterocycles. The second-order valence-electron chi connectivity index (χ2n) is 3.59. The average molecular weight is 253 g/mol. The highest BCUT2D eigenvalue weighted by atomic mass is 32.1. The number of aromatic nitrogens is 1. The number of anilines is 2. The van der Waals surface area contributed by atoms with Crippen LogP contribution in [0.5, 0.6) is 0 Å². The second-order valence-corrected chi connectivity index (χ2v) is 5.38. The third-order valence-electron chi connectivity index (χ3n) is 2.53. The molecular formula is C11H15N3S2. The van der Waals surface area contributed by atoms with Crippen LogP contribution < -0.4 is 10.6 Å². The topological polar surface area (TPSA) is 42.2 Å². The van der Waals surface area contributed by atoms with E-state index >= 15 is 0 Å². The van der Waals surface area contributed by atoms with Crippen molar-refractivity contribution in [1.82, 2.24) is 4.37 Å². The average Bonchev–Trinajstić information content (AvgIpc) is 2.88. The van der Waals surface area contributed by atoms with E-state index in [1.807, 2.05) is 6.92 Å². The zero-order valence-electron chi connectivity index (χ0n) is 9.43. The van der Waals surface area contributed by atoms with E-state index in [1.165, 1.54) is 21.4 Å². The number of thiophene rings is 1. The van der Waals surface area contributed by atoms with Gasteiger partial charge in [0, 0.05) is 17.0 Å². The zero-order valence-corrected chi connectivity index (χ0v) is 11.1. The molecule has 16 heavy (non-hydrogen) atoms. The van der Waals surface area contributed by atoms with Crippen molar-refractivity contribution < 1.29 is 0 Å². The third kappa shape index (κ3) is 2.20. The van der Waals surface area contributed by atoms with Gasteiger partial charge in [0.25, 0.3) is 0 Å². The predicted octanol–water partition coefficient (Wildman–Crippen LogP) is 3.12. The fourth-order valence-electron chi connectivity index (χ4n) is 1.55. The summed E-state index contributed by atoms with van der Waals surface area (Å²) in [6.45, 7) is 6.10. The van der Waals surface area contributed by atoms with Crippen LogP contribution in [0.3, 0.4) is 0 Å². The van der Waals surface area contributed by atoms with Crippen LogP contribution in [0.4, 0.5) is 10.8 Å². The summed E-state index contributed by atoms with van der Waals surface area (Å²) in [5, 5.41) is 3.30. The maximum absolute atomic E-state index is 5.78. The van der Waals surface area contributed by atoms with Crippen molar-refractivity contribution in [3.63, 3.8) is 0 Å². The number of nitrogen functional groups attached to an aromatic ring is 1. The maximum atomic E-state index is 5.78. The van der Waals surface area contributed by atoms with Gasteiger partial charge in [-0.3, -0.25) is 0 Å². The van der Waals surface area contributed by atoms with Crippen molar-refractivity contribution >= 4 is 33.7 Å². The first-order valence-electron chi connectivity index (χ1n) is 5.21. The zero-order chi connectivity index (χ0) is 11.5. The lowest BCUT2D eigenvalue weighted by Gasteiger charge is -2.20. The van der Waals surface area contributed by atoms with Gasteiger partial charge in [0.2, 0.25) is 0 Å². The maximum Gasteiger partial charge on any atom is 0.142 e. The molecule has 5 heteroatoms. The summed E-state index contributed by atoms with van der Waals surface area (Å²) in [6.07, 6.45) is 0. The van der Waals surface area contributed by atoms with E-state index in [2.05, 4.69) is 33.7 Å². The Morgan fingerprint density at radius 1 is 1.50 bits per heavy atom. The number of hydrogen-bond acceptors (Lipinski definition) is 5. The minimum Gasteiger partial charge on any atom is -0.383 e. The summed E-state index contributed by atoms with van der Waals surface area (Å²) in [7, 11) is 0. The van der Waals surface area contributed by atoms with Gasteiger partial charge >= 0.3 is 0 Å². The van der Waals surface area contributed by atoms with E-state index in [1.54, 1.807) is 11.3 Å². The van der Waals surface area contributed by atoms with Crippen LogP contribution in [0, 0.1) is 6.92 Å². The minimum atomic E-state index is 0.657. The van der Waals surface area contributed by atoms with Gasteiger partial charge in [-0.2, -0.15) is 4.37 Å². The van der Waals surface area contributed by atoms with Crippen molar-refractivity contribution in [1.29, 1.82) is 0 Å². The van der Waals surface area contributed by atoms with Gasteiger partial charge in [0.05, 0.1) is 6.54 Å². The van der Waals surface area contributed by atoms with Crippen LogP contribution in [0.1, 0.15) is 17.4 Å². The molecule has 0 atom stereocenters. The Labute approximate surface area is 104 Å². The lowest BCUT2D eigenvalue weighted by Crippen LogP contribution is -2.21. The molecule has 2 N–H and O–H groups in total. The highest BCUT2D eigenvalue weighted by molar-refractivity contribution is 7.11. The molecule has 2 aromatic rings. The number of hydrogen-bond donors (Lipinski definition) is 1. The molecule has 2 heterocycles. The van der Waals surface area contributed by atoms with Gasteiger partial charge in [-0.05, 0) is 36.8 Å². The molecule has 0 radical (unpaired) electrons. The van der Waals surface area contributed by atoms with Gasteiger partial charge in [-0.15, -0.1) is 11.3 Å². The molecule has 0 aliphatic carbocycles. The standard InChI is InChI=1S/C11H15N3S2/c1-3-14(7-9-5-4-6-15-9)11-8(2)10(12)13-16-11/h4-6H,3,7H2,1-2H3,(H2,12,13). The van der Waals surface area contributed by atoms with Crippen LogP contribution in [0.15, 0.2) is 17.5 Å². The van der Waals surface area contributed by atoms with Crippen LogP contribution in [0.2, 0.25) is 0 Å². The molecule has 0 fully saturated rings. The van der Waals surface area contributed by atoms with Crippen LogP contribution in [-0.2, 0) is 6.54 Å². The molecule has 0 unspecified atom stereocenters. The summed E-state index contributed by atoms with van der Waals surface area (Å²) in [5.74, 6) is 0.657. The summed E-state index contributed by atoms with van der Waals surface area (Å²) in [6, 6.07) is 4.24. The molecule has 3 nitrogen and oxygen atoms in total. The molecule has 0 aliphatic rings. The monoisotopic (exact) mass is 253 g/mol. The first-order valence-corrected chi connectivity index (χ1v) is 6.86. The molecule has 0 saturated carbocycles. The first-order chi connectivity index (χ1) is 7.72. The van der Waals surface area contributed by atoms with Crippen LogP contribution in [0.25, 0.3) is 0 Å². The largest absolute Gasteiger partial charge is 0.383 e. The molecule has 86 valence electrons. The van der Waals surface area contributed by atoms with Crippen molar-refractivity contribution in [3.05, 3.63) is 28.0 Å². The molecule has 0 bridgehead atoms. The summed E-state index contributed by atoms with van der Waals surface area (Å²) < 4.78 is 4.20. The van der Waals surface area contributed by atoms with E-state index in [-0.39, 0.29) is 0 Å². The van der Waals surface area contributed by atoms with Crippen molar-refractivity contribution in [2.24, 2.45) is 0 Å². The van der Waals surface area contributed by atoms with Gasteiger partial charge < -0.3 is 10.6 Å². The minimum absolute atomic E-state index is 0.657. The molecule has 0 saturated heterocycles. The van der Waals surface area contributed by atoms with Crippen LogP contribution in [-0.4, -0.2) is 10.9 Å². The van der Waals surface area contributed by atoms with Gasteiger partial charge in [-0.25, -0.2) is 0 Å². The van der Waals surface area contributed by atoms with E-state index in [0.29, 0.717) is 5.82 Å². The lowest BCUT2D eigenvalue weighted by atomic mass is 10.3. The Bertz CT molecular complexity index is 448. The normalized spacial score (nSPS) is 10.6. The van der Waals surface area contributed by atoms with E-state index in [9.17, 15) is 0 Å². The van der Waals surface area contributed by atoms with E-state index in [0.717, 1.165) is 18.7 Å². The SMILES string of the molecule is CCN(Cc1cccs1)c1snc(N)c1C. The molecule has 0 spiro atoms. The number of rotatable bonds is 4. The second kappa shape index (κ2) is 4.84. The van der Waals surface area contributed by atoms with Gasteiger partial charge in [-0.1, -0.05) is 6.07 Å². The highest BCUT2D eigenvalue weighted by Gasteiger charge is 2.13. The molecule has 2 rings (SSSR count). The quantitative estimate of drug-likeness (QED) is 0.910. The summed E-state index contributed by atoms with van der Waals surface area (Å²) in [4.78, 5) is 3.68. The Kier molecular flexibility index (Phi) is 3.46. The number of nitrogens with zero attached hydrogens (tertiary/aromatic N) is 2. The molecule has 2 aromatic heterocycles. The smallest absolute Gasteiger partial charge is 0.142 e. The predicted molar refractivity (Wildman–Crippen MR) is 72.3 cm³/mol. The van der Waals surface area contributed by atoms with Gasteiger partial charge in [0.15, 0.2) is 0 Å². The molecule has 0 aromatic carbocycles. The van der Waals surface area contributed by atoms with Gasteiger partial charge in [0.1, 0.15) is 10.8 Å². The van der Waals surface area contributed by atoms with Crippen LogP contribution >= 0.6 is 22.9 Å². The Balaban J connectivity index is 2.20. The summed E-state index contributed by atoms with van der Waals surface area (Å²) in [5.41, 5.74) is 6.88. The Morgan fingerprint density at radius 3 is 2.81 bits per heavy atom. The molecule has 0 amide bonds.